The quantitative estimate of drug-likeness (QED) is 0.585. The molecule has 82 valence electrons. The predicted octanol–water partition coefficient (Wildman–Crippen LogP) is 2.99. The monoisotopic (exact) mass is 197 g/mol. The van der Waals surface area contributed by atoms with E-state index in [2.05, 4.69) is 18.7 Å². The minimum Gasteiger partial charge on any atom is -0.378 e. The molecule has 0 aliphatic carbocycles. The van der Waals surface area contributed by atoms with Crippen LogP contribution in [0.25, 0.3) is 0 Å². The maximum atomic E-state index is 11.6. The standard InChI is InChI=1S/C12H23NO/c1-5-9-12(14)11(6-2)10-13(7-3)8-4/h10H,5-9H2,1-4H3/b11-10+. The van der Waals surface area contributed by atoms with Crippen molar-refractivity contribution in [2.24, 2.45) is 0 Å². The summed E-state index contributed by atoms with van der Waals surface area (Å²) in [6, 6.07) is 0. The Morgan fingerprint density at radius 2 is 1.71 bits per heavy atom. The van der Waals surface area contributed by atoms with E-state index in [0.717, 1.165) is 31.5 Å². The van der Waals surface area contributed by atoms with Crippen LogP contribution >= 0.6 is 0 Å². The zero-order chi connectivity index (χ0) is 11.0. The largest absolute Gasteiger partial charge is 0.378 e. The van der Waals surface area contributed by atoms with Crippen molar-refractivity contribution in [3.05, 3.63) is 11.8 Å². The molecular formula is C12H23NO. The van der Waals surface area contributed by atoms with Gasteiger partial charge >= 0.3 is 0 Å². The van der Waals surface area contributed by atoms with Crippen molar-refractivity contribution < 1.29 is 4.79 Å². The second kappa shape index (κ2) is 7.60. The summed E-state index contributed by atoms with van der Waals surface area (Å²) in [5.41, 5.74) is 0.968. The lowest BCUT2D eigenvalue weighted by Crippen LogP contribution is -2.18. The lowest BCUT2D eigenvalue weighted by Gasteiger charge is -2.17. The van der Waals surface area contributed by atoms with Crippen LogP contribution in [-0.2, 0) is 4.79 Å². The molecule has 0 spiro atoms. The SMILES string of the molecule is CCCC(=O)/C(=C/N(CC)CC)CC. The highest BCUT2D eigenvalue weighted by Gasteiger charge is 2.07. The van der Waals surface area contributed by atoms with E-state index < -0.39 is 0 Å². The maximum Gasteiger partial charge on any atom is 0.160 e. The minimum absolute atomic E-state index is 0.307. The topological polar surface area (TPSA) is 20.3 Å². The van der Waals surface area contributed by atoms with Crippen LogP contribution in [0, 0.1) is 0 Å². The second-order valence-corrected chi connectivity index (χ2v) is 3.40. The van der Waals surface area contributed by atoms with Gasteiger partial charge in [0.25, 0.3) is 0 Å². The van der Waals surface area contributed by atoms with Gasteiger partial charge in [-0.25, -0.2) is 0 Å². The van der Waals surface area contributed by atoms with E-state index in [1.165, 1.54) is 0 Å². The fraction of sp³-hybridized carbons (Fsp3) is 0.750. The highest BCUT2D eigenvalue weighted by Crippen LogP contribution is 2.08. The van der Waals surface area contributed by atoms with E-state index in [-0.39, 0.29) is 0 Å². The van der Waals surface area contributed by atoms with Crippen molar-refractivity contribution in [1.29, 1.82) is 0 Å². The zero-order valence-corrected chi connectivity index (χ0v) is 9.97. The molecule has 14 heavy (non-hydrogen) atoms. The molecule has 0 fully saturated rings. The molecule has 2 nitrogen and oxygen atoms in total. The first-order valence-corrected chi connectivity index (χ1v) is 5.67. The Kier molecular flexibility index (Phi) is 7.17. The van der Waals surface area contributed by atoms with E-state index in [4.69, 9.17) is 0 Å². The molecule has 0 saturated heterocycles. The number of allylic oxidation sites excluding steroid dienone is 1. The summed E-state index contributed by atoms with van der Waals surface area (Å²) >= 11 is 0. The summed E-state index contributed by atoms with van der Waals surface area (Å²) in [6.45, 7) is 10.2. The van der Waals surface area contributed by atoms with Crippen LogP contribution in [0.5, 0.6) is 0 Å². The van der Waals surface area contributed by atoms with Crippen LogP contribution in [0.1, 0.15) is 47.0 Å². The molecule has 0 radical (unpaired) electrons. The third-order valence-corrected chi connectivity index (χ3v) is 2.37. The molecule has 0 amide bonds. The van der Waals surface area contributed by atoms with Crippen LogP contribution < -0.4 is 0 Å². The molecule has 0 atom stereocenters. The number of ketones is 1. The van der Waals surface area contributed by atoms with Gasteiger partial charge in [-0.05, 0) is 26.7 Å². The van der Waals surface area contributed by atoms with Crippen LogP contribution in [0.4, 0.5) is 0 Å². The molecule has 2 heteroatoms. The molecule has 0 aliphatic heterocycles. The van der Waals surface area contributed by atoms with Crippen LogP contribution in [0.3, 0.4) is 0 Å². The summed E-state index contributed by atoms with van der Waals surface area (Å²) < 4.78 is 0. The maximum absolute atomic E-state index is 11.6. The van der Waals surface area contributed by atoms with Crippen molar-refractivity contribution >= 4 is 5.78 Å². The molecule has 0 heterocycles. The lowest BCUT2D eigenvalue weighted by molar-refractivity contribution is -0.115. The average Bonchev–Trinajstić information content (AvgIpc) is 2.20. The number of Topliss-reactive ketones (excluding diaryl/α,β-unsaturated/α-hetero) is 1. The number of carbonyl (C=O) groups is 1. The number of hydrogen-bond donors (Lipinski definition) is 0. The van der Waals surface area contributed by atoms with Gasteiger partial charge in [-0.1, -0.05) is 13.8 Å². The molecule has 0 aromatic rings. The molecule has 0 aliphatic rings. The first-order valence-electron chi connectivity index (χ1n) is 5.67. The van der Waals surface area contributed by atoms with Gasteiger partial charge in [0.2, 0.25) is 0 Å². The Bertz CT molecular complexity index is 192. The normalized spacial score (nSPS) is 11.6. The summed E-state index contributed by atoms with van der Waals surface area (Å²) in [4.78, 5) is 13.8. The molecule has 0 aromatic carbocycles. The first kappa shape index (κ1) is 13.2. The van der Waals surface area contributed by atoms with Crippen molar-refractivity contribution in [1.82, 2.24) is 4.90 Å². The van der Waals surface area contributed by atoms with Crippen molar-refractivity contribution in [2.75, 3.05) is 13.1 Å². The highest BCUT2D eigenvalue weighted by atomic mass is 16.1. The summed E-state index contributed by atoms with van der Waals surface area (Å²) in [7, 11) is 0. The molecule has 0 aromatic heterocycles. The van der Waals surface area contributed by atoms with Crippen LogP contribution in [0.2, 0.25) is 0 Å². The molecule has 0 saturated carbocycles. The van der Waals surface area contributed by atoms with Crippen molar-refractivity contribution in [3.63, 3.8) is 0 Å². The first-order chi connectivity index (χ1) is 6.69. The number of rotatable bonds is 7. The van der Waals surface area contributed by atoms with Gasteiger partial charge in [0, 0.05) is 31.3 Å². The summed E-state index contributed by atoms with van der Waals surface area (Å²) in [5.74, 6) is 0.307. The summed E-state index contributed by atoms with van der Waals surface area (Å²) in [5, 5.41) is 0. The lowest BCUT2D eigenvalue weighted by atomic mass is 10.1. The Hall–Kier alpha value is -0.790. The zero-order valence-electron chi connectivity index (χ0n) is 9.97. The van der Waals surface area contributed by atoms with Crippen LogP contribution in [0.15, 0.2) is 11.8 Å². The molecule has 0 N–H and O–H groups in total. The number of nitrogens with zero attached hydrogens (tertiary/aromatic N) is 1. The fourth-order valence-electron chi connectivity index (χ4n) is 1.37. The summed E-state index contributed by atoms with van der Waals surface area (Å²) in [6.07, 6.45) is 4.49. The number of carbonyl (C=O) groups excluding carboxylic acids is 1. The smallest absolute Gasteiger partial charge is 0.160 e. The molecule has 0 unspecified atom stereocenters. The average molecular weight is 197 g/mol. The Balaban J connectivity index is 4.43. The van der Waals surface area contributed by atoms with Gasteiger partial charge < -0.3 is 4.90 Å². The van der Waals surface area contributed by atoms with E-state index in [1.54, 1.807) is 0 Å². The second-order valence-electron chi connectivity index (χ2n) is 3.40. The third-order valence-electron chi connectivity index (χ3n) is 2.37. The molecule has 0 rings (SSSR count). The van der Waals surface area contributed by atoms with E-state index in [0.29, 0.717) is 12.2 Å². The van der Waals surface area contributed by atoms with Gasteiger partial charge in [0.15, 0.2) is 5.78 Å². The Morgan fingerprint density at radius 3 is 2.07 bits per heavy atom. The van der Waals surface area contributed by atoms with Crippen molar-refractivity contribution in [3.8, 4) is 0 Å². The van der Waals surface area contributed by atoms with Gasteiger partial charge in [-0.15, -0.1) is 0 Å². The van der Waals surface area contributed by atoms with Gasteiger partial charge in [-0.2, -0.15) is 0 Å². The fourth-order valence-corrected chi connectivity index (χ4v) is 1.37. The Labute approximate surface area is 88.0 Å². The predicted molar refractivity (Wildman–Crippen MR) is 61.2 cm³/mol. The van der Waals surface area contributed by atoms with E-state index >= 15 is 0 Å². The number of hydrogen-bond acceptors (Lipinski definition) is 2. The van der Waals surface area contributed by atoms with Gasteiger partial charge in [-0.3, -0.25) is 4.79 Å². The highest BCUT2D eigenvalue weighted by molar-refractivity contribution is 5.95. The van der Waals surface area contributed by atoms with Crippen molar-refractivity contribution in [2.45, 2.75) is 47.0 Å². The van der Waals surface area contributed by atoms with Gasteiger partial charge in [0.1, 0.15) is 0 Å². The Morgan fingerprint density at radius 1 is 1.14 bits per heavy atom. The molecule has 0 bridgehead atoms. The third kappa shape index (κ3) is 4.45. The minimum atomic E-state index is 0.307. The molecular weight excluding hydrogens is 174 g/mol. The van der Waals surface area contributed by atoms with E-state index in [9.17, 15) is 4.79 Å². The van der Waals surface area contributed by atoms with Gasteiger partial charge in [0.05, 0.1) is 0 Å². The van der Waals surface area contributed by atoms with Crippen LogP contribution in [-0.4, -0.2) is 23.8 Å². The van der Waals surface area contributed by atoms with E-state index in [1.807, 2.05) is 20.0 Å².